The van der Waals surface area contributed by atoms with E-state index < -0.39 is 15.8 Å². The Bertz CT molecular complexity index is 813. The molecule has 1 heterocycles. The fraction of sp³-hybridized carbons (Fsp3) is 0.579. The first kappa shape index (κ1) is 18.9. The molecule has 26 heavy (non-hydrogen) atoms. The molecule has 1 atom stereocenters. The van der Waals surface area contributed by atoms with Crippen molar-refractivity contribution in [1.29, 1.82) is 0 Å². The van der Waals surface area contributed by atoms with Crippen molar-refractivity contribution in [3.8, 4) is 0 Å². The van der Waals surface area contributed by atoms with Crippen LogP contribution in [-0.4, -0.2) is 55.4 Å². The van der Waals surface area contributed by atoms with Gasteiger partial charge in [0.2, 0.25) is 0 Å². The highest BCUT2D eigenvalue weighted by Gasteiger charge is 2.42. The van der Waals surface area contributed by atoms with Gasteiger partial charge in [-0.3, -0.25) is 9.59 Å². The molecule has 1 aromatic carbocycles. The molecule has 1 saturated carbocycles. The van der Waals surface area contributed by atoms with Crippen molar-refractivity contribution < 1.29 is 22.7 Å². The van der Waals surface area contributed by atoms with Gasteiger partial charge in [0.15, 0.2) is 16.4 Å². The van der Waals surface area contributed by atoms with Crippen LogP contribution in [0.4, 0.5) is 0 Å². The van der Waals surface area contributed by atoms with Gasteiger partial charge in [-0.05, 0) is 49.8 Å². The molecule has 0 spiro atoms. The zero-order chi connectivity index (χ0) is 18.9. The van der Waals surface area contributed by atoms with Crippen LogP contribution in [0.15, 0.2) is 18.2 Å². The zero-order valence-corrected chi connectivity index (χ0v) is 16.0. The van der Waals surface area contributed by atoms with Gasteiger partial charge in [-0.15, -0.1) is 0 Å². The van der Waals surface area contributed by atoms with E-state index >= 15 is 0 Å². The summed E-state index contributed by atoms with van der Waals surface area (Å²) in [5.74, 6) is -0.591. The van der Waals surface area contributed by atoms with Crippen molar-refractivity contribution in [3.63, 3.8) is 0 Å². The predicted molar refractivity (Wildman–Crippen MR) is 97.5 cm³/mol. The maximum Gasteiger partial charge on any atom is 0.310 e. The largest absolute Gasteiger partial charge is 0.455 e. The number of ether oxygens (including phenoxy) is 1. The molecule has 142 valence electrons. The van der Waals surface area contributed by atoms with Crippen LogP contribution >= 0.6 is 0 Å². The fourth-order valence-electron chi connectivity index (χ4n) is 3.40. The second kappa shape index (κ2) is 7.39. The first-order valence-corrected chi connectivity index (χ1v) is 10.8. The number of aryl methyl sites for hydroxylation is 2. The van der Waals surface area contributed by atoms with E-state index in [1.807, 2.05) is 32.0 Å². The van der Waals surface area contributed by atoms with Crippen molar-refractivity contribution in [2.75, 3.05) is 18.1 Å². The lowest BCUT2D eigenvalue weighted by molar-refractivity contribution is -0.152. The van der Waals surface area contributed by atoms with Gasteiger partial charge in [-0.2, -0.15) is 0 Å². The standard InChI is InChI=1S/C19H25NO5S/c1-13-3-4-15(9-14(13)2)10-19(22)25-11-18(21)20(16-5-6-16)17-7-8-26(23,24)12-17/h3-4,9,16-17H,5-8,10-12H2,1-2H3/t17-/m1/s1. The van der Waals surface area contributed by atoms with Gasteiger partial charge in [0.05, 0.1) is 17.9 Å². The Balaban J connectivity index is 1.54. The molecule has 1 aromatic rings. The van der Waals surface area contributed by atoms with Crippen molar-refractivity contribution in [2.24, 2.45) is 0 Å². The minimum atomic E-state index is -3.06. The summed E-state index contributed by atoms with van der Waals surface area (Å²) in [6, 6.07) is 5.60. The highest BCUT2D eigenvalue weighted by Crippen LogP contribution is 2.32. The Morgan fingerprint density at radius 2 is 1.85 bits per heavy atom. The Morgan fingerprint density at radius 3 is 2.42 bits per heavy atom. The summed E-state index contributed by atoms with van der Waals surface area (Å²) in [6.07, 6.45) is 2.37. The van der Waals surface area contributed by atoms with Gasteiger partial charge in [-0.1, -0.05) is 18.2 Å². The first-order chi connectivity index (χ1) is 12.2. The van der Waals surface area contributed by atoms with Gasteiger partial charge in [0, 0.05) is 12.1 Å². The molecule has 1 aliphatic heterocycles. The second-order valence-electron chi connectivity index (χ2n) is 7.35. The molecule has 6 nitrogen and oxygen atoms in total. The van der Waals surface area contributed by atoms with E-state index in [1.54, 1.807) is 4.90 Å². The summed E-state index contributed by atoms with van der Waals surface area (Å²) < 4.78 is 28.6. The van der Waals surface area contributed by atoms with E-state index in [1.165, 1.54) is 0 Å². The molecular formula is C19H25NO5S. The molecule has 1 amide bonds. The Kier molecular flexibility index (Phi) is 5.37. The van der Waals surface area contributed by atoms with Crippen LogP contribution in [0.1, 0.15) is 36.0 Å². The molecule has 0 N–H and O–H groups in total. The Morgan fingerprint density at radius 1 is 1.12 bits per heavy atom. The van der Waals surface area contributed by atoms with Crippen LogP contribution in [0.5, 0.6) is 0 Å². The SMILES string of the molecule is Cc1ccc(CC(=O)OCC(=O)N(C2CC2)[C@@H]2CCS(=O)(=O)C2)cc1C. The Hall–Kier alpha value is -1.89. The molecular weight excluding hydrogens is 354 g/mol. The summed E-state index contributed by atoms with van der Waals surface area (Å²) in [7, 11) is -3.06. The number of sulfone groups is 1. The van der Waals surface area contributed by atoms with E-state index in [9.17, 15) is 18.0 Å². The van der Waals surface area contributed by atoms with E-state index in [-0.39, 0.29) is 42.5 Å². The van der Waals surface area contributed by atoms with Gasteiger partial charge in [-0.25, -0.2) is 8.42 Å². The van der Waals surface area contributed by atoms with Crippen LogP contribution in [0, 0.1) is 13.8 Å². The summed E-state index contributed by atoms with van der Waals surface area (Å²) in [5.41, 5.74) is 3.11. The number of carbonyl (C=O) groups excluding carboxylic acids is 2. The van der Waals surface area contributed by atoms with Gasteiger partial charge in [0.25, 0.3) is 5.91 Å². The smallest absolute Gasteiger partial charge is 0.310 e. The highest BCUT2D eigenvalue weighted by molar-refractivity contribution is 7.91. The number of benzene rings is 1. The average molecular weight is 379 g/mol. The van der Waals surface area contributed by atoms with Gasteiger partial charge in [0.1, 0.15) is 0 Å². The second-order valence-corrected chi connectivity index (χ2v) is 9.57. The Labute approximate surface area is 154 Å². The van der Waals surface area contributed by atoms with E-state index in [0.717, 1.165) is 29.5 Å². The van der Waals surface area contributed by atoms with Crippen molar-refractivity contribution in [2.45, 2.75) is 51.6 Å². The van der Waals surface area contributed by atoms with Crippen molar-refractivity contribution >= 4 is 21.7 Å². The molecule has 1 saturated heterocycles. The maximum absolute atomic E-state index is 12.5. The van der Waals surface area contributed by atoms with Crippen LogP contribution in [0.3, 0.4) is 0 Å². The molecule has 3 rings (SSSR count). The normalized spacial score (nSPS) is 21.4. The number of nitrogens with zero attached hydrogens (tertiary/aromatic N) is 1. The van der Waals surface area contributed by atoms with Crippen LogP contribution in [0.25, 0.3) is 0 Å². The van der Waals surface area contributed by atoms with Crippen molar-refractivity contribution in [3.05, 3.63) is 34.9 Å². The maximum atomic E-state index is 12.5. The third-order valence-electron chi connectivity index (χ3n) is 5.11. The van der Waals surface area contributed by atoms with Gasteiger partial charge < -0.3 is 9.64 Å². The lowest BCUT2D eigenvalue weighted by Crippen LogP contribution is -2.44. The summed E-state index contributed by atoms with van der Waals surface area (Å²) in [4.78, 5) is 26.2. The average Bonchev–Trinajstić information content (AvgIpc) is 3.32. The van der Waals surface area contributed by atoms with Crippen LogP contribution < -0.4 is 0 Å². The summed E-state index contributed by atoms with van der Waals surface area (Å²) in [5, 5.41) is 0. The lowest BCUT2D eigenvalue weighted by Gasteiger charge is -2.28. The van der Waals surface area contributed by atoms with E-state index in [4.69, 9.17) is 4.74 Å². The third-order valence-corrected chi connectivity index (χ3v) is 6.86. The quantitative estimate of drug-likeness (QED) is 0.701. The summed E-state index contributed by atoms with van der Waals surface area (Å²) in [6.45, 7) is 3.67. The van der Waals surface area contributed by atoms with E-state index in [0.29, 0.717) is 6.42 Å². The molecule has 2 fully saturated rings. The number of carbonyl (C=O) groups is 2. The number of rotatable bonds is 6. The molecule has 0 radical (unpaired) electrons. The van der Waals surface area contributed by atoms with Crippen molar-refractivity contribution in [1.82, 2.24) is 4.90 Å². The molecule has 0 aromatic heterocycles. The molecule has 0 unspecified atom stereocenters. The minimum absolute atomic E-state index is 0.0197. The first-order valence-electron chi connectivity index (χ1n) is 8.98. The number of hydrogen-bond donors (Lipinski definition) is 0. The third kappa shape index (κ3) is 4.63. The van der Waals surface area contributed by atoms with E-state index in [2.05, 4.69) is 0 Å². The van der Waals surface area contributed by atoms with Crippen LogP contribution in [0.2, 0.25) is 0 Å². The minimum Gasteiger partial charge on any atom is -0.455 e. The molecule has 0 bridgehead atoms. The number of amides is 1. The number of hydrogen-bond acceptors (Lipinski definition) is 5. The topological polar surface area (TPSA) is 80.8 Å². The molecule has 7 heteroatoms. The van der Waals surface area contributed by atoms with Crippen LogP contribution in [-0.2, 0) is 30.6 Å². The summed E-state index contributed by atoms with van der Waals surface area (Å²) >= 11 is 0. The monoisotopic (exact) mass is 379 g/mol. The highest BCUT2D eigenvalue weighted by atomic mass is 32.2. The lowest BCUT2D eigenvalue weighted by atomic mass is 10.0. The van der Waals surface area contributed by atoms with Gasteiger partial charge >= 0.3 is 5.97 Å². The number of esters is 1. The fourth-order valence-corrected chi connectivity index (χ4v) is 5.11. The molecule has 1 aliphatic carbocycles. The molecule has 2 aliphatic rings. The zero-order valence-electron chi connectivity index (χ0n) is 15.2. The predicted octanol–water partition coefficient (Wildman–Crippen LogP) is 1.57.